The topological polar surface area (TPSA) is 130 Å². The van der Waals surface area contributed by atoms with Crippen molar-refractivity contribution in [2.24, 2.45) is 0 Å². The highest BCUT2D eigenvalue weighted by Gasteiger charge is 2.18. The summed E-state index contributed by atoms with van der Waals surface area (Å²) in [7, 11) is -3.80. The number of rotatable bonds is 5. The molecule has 0 atom stereocenters. The van der Waals surface area contributed by atoms with E-state index in [0.29, 0.717) is 5.56 Å². The molecule has 0 saturated carbocycles. The van der Waals surface area contributed by atoms with Gasteiger partial charge in [-0.3, -0.25) is 14.9 Å². The number of hydrogen-bond donors (Lipinski definition) is 1. The van der Waals surface area contributed by atoms with Gasteiger partial charge in [-0.05, 0) is 12.5 Å². The Kier molecular flexibility index (Phi) is 4.77. The van der Waals surface area contributed by atoms with Gasteiger partial charge in [0.15, 0.2) is 9.84 Å². The lowest BCUT2D eigenvalue weighted by molar-refractivity contribution is -0.384. The Bertz CT molecular complexity index is 691. The smallest absolute Gasteiger partial charge is 0.271 e. The molecule has 1 amide bonds. The second kappa shape index (κ2) is 6.12. The number of carbonyl (C=O) groups excluding carboxylic acids is 1. The van der Waals surface area contributed by atoms with Gasteiger partial charge in [0.2, 0.25) is 5.91 Å². The first-order valence-corrected chi connectivity index (χ1v) is 7.19. The number of nitrogens with zero attached hydrogens (tertiary/aromatic N) is 2. The van der Waals surface area contributed by atoms with Gasteiger partial charge in [0.25, 0.3) is 5.69 Å². The normalized spacial score (nSPS) is 10.6. The summed E-state index contributed by atoms with van der Waals surface area (Å²) in [6, 6.07) is 5.32. The van der Waals surface area contributed by atoms with Gasteiger partial charge in [-0.25, -0.2) is 8.42 Å². The molecule has 9 heteroatoms. The number of sulfone groups is 1. The van der Waals surface area contributed by atoms with Crippen LogP contribution in [0.1, 0.15) is 5.56 Å². The van der Waals surface area contributed by atoms with Crippen LogP contribution in [0.15, 0.2) is 18.2 Å². The third-order valence-corrected chi connectivity index (χ3v) is 3.61. The van der Waals surface area contributed by atoms with Crippen LogP contribution in [0.3, 0.4) is 0 Å². The Morgan fingerprint density at radius 3 is 2.70 bits per heavy atom. The first-order chi connectivity index (χ1) is 9.25. The SMILES string of the molecule is Cc1ccc([N+](=O)[O-])cc1NC(=O)CS(=O)(=O)CC#N. The predicted octanol–water partition coefficient (Wildman–Crippen LogP) is 0.780. The average Bonchev–Trinajstić information content (AvgIpc) is 2.30. The Balaban J connectivity index is 2.89. The number of nitro groups is 1. The number of amides is 1. The third-order valence-electron chi connectivity index (χ3n) is 2.34. The number of nitro benzene ring substituents is 1. The lowest BCUT2D eigenvalue weighted by Crippen LogP contribution is -2.24. The van der Waals surface area contributed by atoms with Crippen LogP contribution in [-0.2, 0) is 14.6 Å². The molecule has 106 valence electrons. The molecule has 0 bridgehead atoms. The van der Waals surface area contributed by atoms with E-state index in [9.17, 15) is 23.3 Å². The first kappa shape index (κ1) is 15.6. The van der Waals surface area contributed by atoms with Crippen molar-refractivity contribution < 1.29 is 18.1 Å². The van der Waals surface area contributed by atoms with Crippen molar-refractivity contribution in [2.45, 2.75) is 6.92 Å². The molecule has 0 radical (unpaired) electrons. The minimum atomic E-state index is -3.80. The molecule has 1 rings (SSSR count). The van der Waals surface area contributed by atoms with Crippen LogP contribution in [0.25, 0.3) is 0 Å². The number of benzene rings is 1. The summed E-state index contributed by atoms with van der Waals surface area (Å²) >= 11 is 0. The number of hydrogen-bond acceptors (Lipinski definition) is 6. The molecule has 0 aliphatic heterocycles. The summed E-state index contributed by atoms with van der Waals surface area (Å²) in [5, 5.41) is 21.2. The quantitative estimate of drug-likeness (QED) is 0.631. The molecule has 0 aliphatic carbocycles. The highest BCUT2D eigenvalue weighted by atomic mass is 32.2. The molecule has 0 heterocycles. The Hall–Kier alpha value is -2.47. The molecule has 8 nitrogen and oxygen atoms in total. The standard InChI is InChI=1S/C11H11N3O5S/c1-8-2-3-9(14(16)17)6-10(8)13-11(15)7-20(18,19)5-4-12/h2-3,6H,5,7H2,1H3,(H,13,15). The van der Waals surface area contributed by atoms with Crippen molar-refractivity contribution in [2.75, 3.05) is 16.8 Å². The van der Waals surface area contributed by atoms with Crippen molar-refractivity contribution in [3.8, 4) is 6.07 Å². The highest BCUT2D eigenvalue weighted by molar-refractivity contribution is 7.92. The summed E-state index contributed by atoms with van der Waals surface area (Å²) in [6.07, 6.45) is 0. The largest absolute Gasteiger partial charge is 0.325 e. The fraction of sp³-hybridized carbons (Fsp3) is 0.273. The summed E-state index contributed by atoms with van der Waals surface area (Å²) in [5.41, 5.74) is 0.503. The maximum Gasteiger partial charge on any atom is 0.271 e. The van der Waals surface area contributed by atoms with Crippen molar-refractivity contribution in [3.63, 3.8) is 0 Å². The molecule has 0 fully saturated rings. The lowest BCUT2D eigenvalue weighted by Gasteiger charge is -2.07. The van der Waals surface area contributed by atoms with Gasteiger partial charge in [-0.1, -0.05) is 6.07 Å². The summed E-state index contributed by atoms with van der Waals surface area (Å²) < 4.78 is 22.6. The van der Waals surface area contributed by atoms with Crippen LogP contribution < -0.4 is 5.32 Å². The number of nitrogens with one attached hydrogen (secondary N) is 1. The molecular weight excluding hydrogens is 286 g/mol. The number of anilines is 1. The van der Waals surface area contributed by atoms with E-state index in [1.807, 2.05) is 0 Å². The minimum Gasteiger partial charge on any atom is -0.325 e. The lowest BCUT2D eigenvalue weighted by atomic mass is 10.2. The van der Waals surface area contributed by atoms with Gasteiger partial charge >= 0.3 is 0 Å². The van der Waals surface area contributed by atoms with Gasteiger partial charge in [0.05, 0.1) is 16.7 Å². The van der Waals surface area contributed by atoms with Crippen LogP contribution in [-0.4, -0.2) is 30.8 Å². The molecule has 1 aromatic rings. The second-order valence-corrected chi connectivity index (χ2v) is 6.06. The van der Waals surface area contributed by atoms with Crippen LogP contribution >= 0.6 is 0 Å². The fourth-order valence-electron chi connectivity index (χ4n) is 1.39. The van der Waals surface area contributed by atoms with Crippen molar-refractivity contribution in [1.82, 2.24) is 0 Å². The van der Waals surface area contributed by atoms with Crippen molar-refractivity contribution >= 4 is 27.1 Å². The second-order valence-electron chi connectivity index (χ2n) is 3.99. The van der Waals surface area contributed by atoms with Crippen LogP contribution in [0.5, 0.6) is 0 Å². The third kappa shape index (κ3) is 4.33. The van der Waals surface area contributed by atoms with E-state index >= 15 is 0 Å². The first-order valence-electron chi connectivity index (χ1n) is 5.37. The zero-order chi connectivity index (χ0) is 15.3. The van der Waals surface area contributed by atoms with Gasteiger partial charge < -0.3 is 5.32 Å². The molecule has 0 spiro atoms. The summed E-state index contributed by atoms with van der Waals surface area (Å²) in [4.78, 5) is 21.6. The Morgan fingerprint density at radius 2 is 2.15 bits per heavy atom. The Labute approximate surface area is 115 Å². The van der Waals surface area contributed by atoms with Crippen LogP contribution in [0, 0.1) is 28.4 Å². The van der Waals surface area contributed by atoms with Crippen molar-refractivity contribution in [3.05, 3.63) is 33.9 Å². The molecule has 1 N–H and O–H groups in total. The van der Waals surface area contributed by atoms with E-state index in [0.717, 1.165) is 6.07 Å². The zero-order valence-corrected chi connectivity index (χ0v) is 11.3. The predicted molar refractivity (Wildman–Crippen MR) is 70.7 cm³/mol. The van der Waals surface area contributed by atoms with Crippen molar-refractivity contribution in [1.29, 1.82) is 5.26 Å². The number of nitriles is 1. The van der Waals surface area contributed by atoms with E-state index in [2.05, 4.69) is 5.32 Å². The minimum absolute atomic E-state index is 0.163. The maximum atomic E-state index is 11.6. The van der Waals surface area contributed by atoms with E-state index in [1.165, 1.54) is 18.2 Å². The fourth-order valence-corrected chi connectivity index (χ4v) is 2.16. The molecule has 1 aromatic carbocycles. The van der Waals surface area contributed by atoms with Gasteiger partial charge in [-0.15, -0.1) is 0 Å². The maximum absolute atomic E-state index is 11.6. The Morgan fingerprint density at radius 1 is 1.50 bits per heavy atom. The van der Waals surface area contributed by atoms with E-state index in [4.69, 9.17) is 5.26 Å². The summed E-state index contributed by atoms with van der Waals surface area (Å²) in [6.45, 7) is 1.61. The molecule has 0 unspecified atom stereocenters. The molecule has 0 aliphatic rings. The molecular formula is C11H11N3O5S. The number of carbonyl (C=O) groups is 1. The van der Waals surface area contributed by atoms with E-state index in [-0.39, 0.29) is 11.4 Å². The molecule has 0 saturated heterocycles. The van der Waals surface area contributed by atoms with Gasteiger partial charge in [0, 0.05) is 12.1 Å². The molecule has 20 heavy (non-hydrogen) atoms. The van der Waals surface area contributed by atoms with Gasteiger partial charge in [-0.2, -0.15) is 5.26 Å². The summed E-state index contributed by atoms with van der Waals surface area (Å²) in [5.74, 6) is -2.44. The van der Waals surface area contributed by atoms with Gasteiger partial charge in [0.1, 0.15) is 11.5 Å². The monoisotopic (exact) mass is 297 g/mol. The number of non-ortho nitro benzene ring substituents is 1. The van der Waals surface area contributed by atoms with Crippen LogP contribution in [0.2, 0.25) is 0 Å². The van der Waals surface area contributed by atoms with Crippen LogP contribution in [0.4, 0.5) is 11.4 Å². The van der Waals surface area contributed by atoms with E-state index < -0.39 is 32.2 Å². The molecule has 0 aromatic heterocycles. The average molecular weight is 297 g/mol. The zero-order valence-electron chi connectivity index (χ0n) is 10.5. The van der Waals surface area contributed by atoms with E-state index in [1.54, 1.807) is 6.92 Å². The number of aryl methyl sites for hydroxylation is 1. The highest BCUT2D eigenvalue weighted by Crippen LogP contribution is 2.21.